The highest BCUT2D eigenvalue weighted by Crippen LogP contribution is 2.20. The number of carboxylic acid groups (broad SMARTS) is 1. The van der Waals surface area contributed by atoms with E-state index in [1.165, 1.54) is 18.4 Å². The largest absolute Gasteiger partial charge is 0.464 e. The number of nitrogens with zero attached hydrogens (tertiary/aromatic N) is 1. The fraction of sp³-hybridized carbons (Fsp3) is 0. The molecule has 0 unspecified atom stereocenters. The van der Waals surface area contributed by atoms with Gasteiger partial charge in [-0.1, -0.05) is 12.8 Å². The van der Waals surface area contributed by atoms with E-state index in [1.54, 1.807) is 24.3 Å². The predicted octanol–water partition coefficient (Wildman–Crippen LogP) is 2.86. The van der Waals surface area contributed by atoms with Crippen molar-refractivity contribution in [1.82, 2.24) is 0 Å². The van der Waals surface area contributed by atoms with Crippen molar-refractivity contribution in [2.24, 2.45) is 0 Å². The fourth-order valence-corrected chi connectivity index (χ4v) is 1.53. The Bertz CT molecular complexity index is 580. The minimum absolute atomic E-state index is 0.199. The number of carbonyl (C=O) groups excluding carboxylic acids is 1. The van der Waals surface area contributed by atoms with Gasteiger partial charge in [0.2, 0.25) is 0 Å². The van der Waals surface area contributed by atoms with Gasteiger partial charge in [-0.2, -0.15) is 0 Å². The number of anilines is 2. The number of carbonyl (C=O) groups is 2. The van der Waals surface area contributed by atoms with Crippen LogP contribution in [0.2, 0.25) is 0 Å². The Morgan fingerprint density at radius 2 is 1.89 bits per heavy atom. The molecule has 0 saturated carbocycles. The zero-order valence-electron chi connectivity index (χ0n) is 9.61. The number of hydrogen-bond acceptors (Lipinski definition) is 4. The monoisotopic (exact) mass is 278 g/mol. The Kier molecular flexibility index (Phi) is 3.76. The number of benzene rings is 1. The lowest BCUT2D eigenvalue weighted by Gasteiger charge is -2.11. The predicted molar refractivity (Wildman–Crippen MR) is 72.6 cm³/mol. The third-order valence-corrected chi connectivity index (χ3v) is 2.70. The van der Waals surface area contributed by atoms with Gasteiger partial charge in [-0.05, 0) is 36.4 Å². The van der Waals surface area contributed by atoms with E-state index in [9.17, 15) is 9.59 Å². The van der Waals surface area contributed by atoms with Gasteiger partial charge in [0.15, 0.2) is 5.76 Å². The molecule has 19 heavy (non-hydrogen) atoms. The van der Waals surface area contributed by atoms with Gasteiger partial charge in [-0.3, -0.25) is 4.79 Å². The molecule has 0 bridgehead atoms. The molecule has 0 saturated heterocycles. The van der Waals surface area contributed by atoms with Gasteiger partial charge < -0.3 is 14.8 Å². The van der Waals surface area contributed by atoms with Crippen molar-refractivity contribution in [3.05, 3.63) is 48.4 Å². The molecule has 0 spiro atoms. The Labute approximate surface area is 114 Å². The molecule has 0 aliphatic heterocycles. The summed E-state index contributed by atoms with van der Waals surface area (Å²) in [6, 6.07) is 9.36. The first-order valence-corrected chi connectivity index (χ1v) is 5.65. The van der Waals surface area contributed by atoms with Gasteiger partial charge >= 0.3 is 6.09 Å². The minimum atomic E-state index is -1.18. The van der Waals surface area contributed by atoms with Gasteiger partial charge in [0.1, 0.15) is 0 Å². The molecule has 2 aromatic rings. The van der Waals surface area contributed by atoms with Crippen LogP contribution in [0.25, 0.3) is 0 Å². The van der Waals surface area contributed by atoms with Crippen molar-refractivity contribution in [2.45, 2.75) is 0 Å². The van der Waals surface area contributed by atoms with Crippen LogP contribution in [0.4, 0.5) is 16.2 Å². The van der Waals surface area contributed by atoms with Gasteiger partial charge in [0.25, 0.3) is 5.91 Å². The molecule has 0 atom stereocenters. The lowest BCUT2D eigenvalue weighted by molar-refractivity contribution is 0.0996. The molecule has 2 N–H and O–H groups in total. The number of hydrogen-bond donors (Lipinski definition) is 3. The number of nitrogens with one attached hydrogen (secondary N) is 1. The minimum Gasteiger partial charge on any atom is -0.464 e. The first-order valence-electron chi connectivity index (χ1n) is 5.25. The lowest BCUT2D eigenvalue weighted by Crippen LogP contribution is -2.17. The molecule has 2 rings (SSSR count). The van der Waals surface area contributed by atoms with Crippen LogP contribution in [0.5, 0.6) is 0 Å². The molecule has 0 fully saturated rings. The highest BCUT2D eigenvalue weighted by atomic mass is 32.1. The van der Waals surface area contributed by atoms with E-state index in [2.05, 4.69) is 18.1 Å². The third kappa shape index (κ3) is 3.08. The second-order valence-corrected chi connectivity index (χ2v) is 3.97. The average Bonchev–Trinajstić information content (AvgIpc) is 2.92. The molecule has 0 aliphatic rings. The van der Waals surface area contributed by atoms with Crippen LogP contribution in [0, 0.1) is 0 Å². The summed E-state index contributed by atoms with van der Waals surface area (Å²) in [5, 5.41) is 11.4. The molecule has 6 nitrogen and oxygen atoms in total. The maximum atomic E-state index is 11.7. The van der Waals surface area contributed by atoms with Crippen LogP contribution in [0.3, 0.4) is 0 Å². The normalized spacial score (nSPS) is 9.95. The van der Waals surface area contributed by atoms with E-state index >= 15 is 0 Å². The summed E-state index contributed by atoms with van der Waals surface area (Å²) in [5.74, 6) is -0.177. The molecular formula is C12H10N2O4S. The van der Waals surface area contributed by atoms with E-state index in [1.807, 2.05) is 0 Å². The van der Waals surface area contributed by atoms with E-state index in [0.29, 0.717) is 11.4 Å². The molecule has 1 aromatic carbocycles. The van der Waals surface area contributed by atoms with Crippen molar-refractivity contribution in [3.63, 3.8) is 0 Å². The molecule has 1 heterocycles. The van der Waals surface area contributed by atoms with Crippen LogP contribution >= 0.6 is 12.8 Å². The van der Waals surface area contributed by atoms with Crippen molar-refractivity contribution in [1.29, 1.82) is 0 Å². The summed E-state index contributed by atoms with van der Waals surface area (Å²) in [7, 11) is 0. The summed E-state index contributed by atoms with van der Waals surface area (Å²) in [6.45, 7) is 0. The second-order valence-electron chi connectivity index (χ2n) is 3.57. The Morgan fingerprint density at radius 1 is 1.21 bits per heavy atom. The lowest BCUT2D eigenvalue weighted by atomic mass is 10.2. The molecule has 7 heteroatoms. The molecule has 98 valence electrons. The van der Waals surface area contributed by atoms with Crippen LogP contribution in [0.1, 0.15) is 10.6 Å². The number of rotatable bonds is 3. The van der Waals surface area contributed by atoms with Gasteiger partial charge in [0, 0.05) is 5.69 Å². The van der Waals surface area contributed by atoms with E-state index in [-0.39, 0.29) is 11.7 Å². The second kappa shape index (κ2) is 5.49. The summed E-state index contributed by atoms with van der Waals surface area (Å²) < 4.78 is 5.73. The zero-order chi connectivity index (χ0) is 13.8. The summed E-state index contributed by atoms with van der Waals surface area (Å²) in [5.41, 5.74) is 0.907. The fourth-order valence-electron chi connectivity index (χ4n) is 1.40. The van der Waals surface area contributed by atoms with Crippen LogP contribution < -0.4 is 9.62 Å². The third-order valence-electron chi connectivity index (χ3n) is 2.30. The highest BCUT2D eigenvalue weighted by molar-refractivity contribution is 7.82. The Hall–Kier alpha value is -2.41. The SMILES string of the molecule is O=C(Nc1ccc(N(S)C(=O)O)cc1)c1ccco1. The van der Waals surface area contributed by atoms with Crippen molar-refractivity contribution in [3.8, 4) is 0 Å². The summed E-state index contributed by atoms with van der Waals surface area (Å²) >= 11 is 3.80. The zero-order valence-corrected chi connectivity index (χ0v) is 10.5. The molecular weight excluding hydrogens is 268 g/mol. The molecule has 2 amide bonds. The van der Waals surface area contributed by atoms with Gasteiger partial charge in [0.05, 0.1) is 12.0 Å². The quantitative estimate of drug-likeness (QED) is 0.754. The van der Waals surface area contributed by atoms with Crippen LogP contribution in [-0.2, 0) is 0 Å². The molecule has 1 aromatic heterocycles. The number of amides is 2. The van der Waals surface area contributed by atoms with Crippen molar-refractivity contribution < 1.29 is 19.1 Å². The van der Waals surface area contributed by atoms with Crippen LogP contribution in [-0.4, -0.2) is 17.1 Å². The van der Waals surface area contributed by atoms with Gasteiger partial charge in [-0.15, -0.1) is 0 Å². The summed E-state index contributed by atoms with van der Waals surface area (Å²) in [6.07, 6.45) is 0.222. The average molecular weight is 278 g/mol. The maximum absolute atomic E-state index is 11.7. The standard InChI is InChI=1S/C12H10N2O4S/c15-11(10-2-1-7-18-10)13-8-3-5-9(6-4-8)14(19)12(16)17/h1-7,19H,(H,13,15)(H,16,17). The number of thiol groups is 1. The first kappa shape index (κ1) is 13.0. The summed E-state index contributed by atoms with van der Waals surface area (Å²) in [4.78, 5) is 22.4. The number of furan rings is 1. The maximum Gasteiger partial charge on any atom is 0.421 e. The van der Waals surface area contributed by atoms with Crippen molar-refractivity contribution in [2.75, 3.05) is 9.62 Å². The van der Waals surface area contributed by atoms with E-state index < -0.39 is 6.09 Å². The Morgan fingerprint density at radius 3 is 2.42 bits per heavy atom. The smallest absolute Gasteiger partial charge is 0.421 e. The highest BCUT2D eigenvalue weighted by Gasteiger charge is 2.11. The van der Waals surface area contributed by atoms with Crippen molar-refractivity contribution >= 4 is 36.2 Å². The molecule has 0 radical (unpaired) electrons. The Balaban J connectivity index is 2.07. The first-order chi connectivity index (χ1) is 9.08. The molecule has 0 aliphatic carbocycles. The van der Waals surface area contributed by atoms with E-state index in [4.69, 9.17) is 9.52 Å². The topological polar surface area (TPSA) is 82.8 Å². The van der Waals surface area contributed by atoms with Crippen LogP contribution in [0.15, 0.2) is 47.1 Å². The van der Waals surface area contributed by atoms with Gasteiger partial charge in [-0.25, -0.2) is 9.10 Å². The van der Waals surface area contributed by atoms with E-state index in [0.717, 1.165) is 4.31 Å².